The molecule has 0 radical (unpaired) electrons. The van der Waals surface area contributed by atoms with Crippen LogP contribution in [0.3, 0.4) is 0 Å². The molecule has 2 aromatic rings. The maximum Gasteiger partial charge on any atom is 0.292 e. The Morgan fingerprint density at radius 3 is 2.83 bits per heavy atom. The van der Waals surface area contributed by atoms with Crippen molar-refractivity contribution in [3.8, 4) is 0 Å². The number of carbonyl (C=O) groups excluding carboxylic acids is 1. The Morgan fingerprint density at radius 2 is 2.09 bits per heavy atom. The number of hydroxylamine groups is 1. The van der Waals surface area contributed by atoms with E-state index in [9.17, 15) is 14.9 Å². The molecule has 2 rings (SSSR count). The minimum absolute atomic E-state index is 0.0271. The molecule has 0 bridgehead atoms. The number of carbonyl (C=O) groups is 1. The lowest BCUT2D eigenvalue weighted by Crippen LogP contribution is -2.25. The predicted octanol–water partition coefficient (Wildman–Crippen LogP) is 2.04. The molecule has 8 nitrogen and oxygen atoms in total. The molecule has 0 aliphatic rings. The molecule has 0 saturated carbocycles. The number of rotatable bonds is 8. The van der Waals surface area contributed by atoms with Gasteiger partial charge in [0.05, 0.1) is 4.92 Å². The minimum Gasteiger partial charge on any atom is -0.379 e. The molecule has 0 atom stereocenters. The van der Waals surface area contributed by atoms with Gasteiger partial charge in [0.15, 0.2) is 0 Å². The van der Waals surface area contributed by atoms with Gasteiger partial charge in [0.2, 0.25) is 5.91 Å². The second-order valence-electron chi connectivity index (χ2n) is 4.63. The van der Waals surface area contributed by atoms with Crippen molar-refractivity contribution in [2.24, 2.45) is 0 Å². The van der Waals surface area contributed by atoms with Gasteiger partial charge in [0.1, 0.15) is 12.3 Å². The molecule has 8 heteroatoms. The van der Waals surface area contributed by atoms with Gasteiger partial charge < -0.3 is 5.32 Å². The number of aromatic nitrogens is 1. The summed E-state index contributed by atoms with van der Waals surface area (Å²) in [5.41, 5.74) is 3.50. The first kappa shape index (κ1) is 16.4. The zero-order valence-corrected chi connectivity index (χ0v) is 12.3. The molecule has 0 aliphatic carbocycles. The maximum atomic E-state index is 11.6. The van der Waals surface area contributed by atoms with Crippen LogP contribution in [0, 0.1) is 10.1 Å². The molecule has 1 aromatic heterocycles. The number of hydrogen-bond donors (Lipinski definition) is 2. The number of pyridine rings is 1. The van der Waals surface area contributed by atoms with E-state index in [0.717, 1.165) is 5.56 Å². The summed E-state index contributed by atoms with van der Waals surface area (Å²) >= 11 is 0. The van der Waals surface area contributed by atoms with E-state index in [4.69, 9.17) is 4.84 Å². The number of anilines is 1. The molecular weight excluding hydrogens is 300 g/mol. The fourth-order valence-electron chi connectivity index (χ4n) is 1.83. The van der Waals surface area contributed by atoms with Crippen LogP contribution in [0.2, 0.25) is 0 Å². The first-order valence-corrected chi connectivity index (χ1v) is 6.93. The van der Waals surface area contributed by atoms with Gasteiger partial charge in [-0.25, -0.2) is 5.48 Å². The van der Waals surface area contributed by atoms with Crippen molar-refractivity contribution in [2.45, 2.75) is 13.0 Å². The molecule has 1 amide bonds. The Kier molecular flexibility index (Phi) is 6.01. The van der Waals surface area contributed by atoms with Crippen LogP contribution in [-0.2, 0) is 16.2 Å². The second-order valence-corrected chi connectivity index (χ2v) is 4.63. The Hall–Kier alpha value is -3.00. The highest BCUT2D eigenvalue weighted by Gasteiger charge is 2.12. The summed E-state index contributed by atoms with van der Waals surface area (Å²) in [4.78, 5) is 31.0. The molecule has 2 N–H and O–H groups in total. The maximum absolute atomic E-state index is 11.6. The normalized spacial score (nSPS) is 10.1. The molecule has 0 unspecified atom stereocenters. The van der Waals surface area contributed by atoms with E-state index in [1.807, 2.05) is 6.07 Å². The Bertz CT molecular complexity index is 664. The van der Waals surface area contributed by atoms with Crippen molar-refractivity contribution in [1.29, 1.82) is 0 Å². The molecule has 1 heterocycles. The molecule has 120 valence electrons. The van der Waals surface area contributed by atoms with Gasteiger partial charge in [-0.05, 0) is 17.7 Å². The molecule has 23 heavy (non-hydrogen) atoms. The van der Waals surface area contributed by atoms with E-state index in [-0.39, 0.29) is 31.2 Å². The summed E-state index contributed by atoms with van der Waals surface area (Å²) < 4.78 is 0. The van der Waals surface area contributed by atoms with Crippen LogP contribution in [0.15, 0.2) is 48.8 Å². The van der Waals surface area contributed by atoms with E-state index in [0.29, 0.717) is 5.69 Å². The lowest BCUT2D eigenvalue weighted by atomic mass is 10.2. The average Bonchev–Trinajstić information content (AvgIpc) is 2.56. The number of amides is 1. The van der Waals surface area contributed by atoms with Crippen molar-refractivity contribution in [1.82, 2.24) is 10.5 Å². The molecule has 0 fully saturated rings. The van der Waals surface area contributed by atoms with Gasteiger partial charge in [-0.15, -0.1) is 0 Å². The molecule has 0 aliphatic heterocycles. The van der Waals surface area contributed by atoms with Crippen molar-refractivity contribution >= 4 is 17.3 Å². The summed E-state index contributed by atoms with van der Waals surface area (Å²) in [6, 6.07) is 9.87. The first-order chi connectivity index (χ1) is 11.2. The number of nitro benzene ring substituents is 1. The van der Waals surface area contributed by atoms with Gasteiger partial charge in [0, 0.05) is 31.4 Å². The summed E-state index contributed by atoms with van der Waals surface area (Å²) in [7, 11) is 0. The van der Waals surface area contributed by atoms with E-state index in [1.165, 1.54) is 6.07 Å². The fourth-order valence-corrected chi connectivity index (χ4v) is 1.83. The highest BCUT2D eigenvalue weighted by molar-refractivity contribution is 5.75. The van der Waals surface area contributed by atoms with Crippen LogP contribution in [0.25, 0.3) is 0 Å². The number of hydrogen-bond acceptors (Lipinski definition) is 6. The summed E-state index contributed by atoms with van der Waals surface area (Å²) in [5.74, 6) is -0.319. The van der Waals surface area contributed by atoms with E-state index in [1.54, 1.807) is 36.7 Å². The lowest BCUT2D eigenvalue weighted by molar-refractivity contribution is -0.384. The quantitative estimate of drug-likeness (QED) is 0.570. The number of benzene rings is 1. The zero-order valence-electron chi connectivity index (χ0n) is 12.3. The average molecular weight is 316 g/mol. The number of nitrogens with one attached hydrogen (secondary N) is 2. The van der Waals surface area contributed by atoms with Crippen LogP contribution in [-0.4, -0.2) is 22.4 Å². The number of para-hydroxylation sites is 2. The van der Waals surface area contributed by atoms with Crippen LogP contribution in [0.5, 0.6) is 0 Å². The fraction of sp³-hybridized carbons (Fsp3) is 0.200. The lowest BCUT2D eigenvalue weighted by Gasteiger charge is -2.08. The van der Waals surface area contributed by atoms with Crippen molar-refractivity contribution in [3.05, 3.63) is 64.5 Å². The third kappa shape index (κ3) is 5.36. The molecule has 0 saturated heterocycles. The highest BCUT2D eigenvalue weighted by atomic mass is 16.7. The Labute approximate surface area is 132 Å². The van der Waals surface area contributed by atoms with E-state index in [2.05, 4.69) is 15.8 Å². The highest BCUT2D eigenvalue weighted by Crippen LogP contribution is 2.22. The van der Waals surface area contributed by atoms with Gasteiger partial charge in [-0.2, -0.15) is 0 Å². The summed E-state index contributed by atoms with van der Waals surface area (Å²) in [6.45, 7) is 0.476. The van der Waals surface area contributed by atoms with Gasteiger partial charge in [-0.3, -0.25) is 24.7 Å². The van der Waals surface area contributed by atoms with Crippen LogP contribution in [0.1, 0.15) is 12.0 Å². The Balaban J connectivity index is 1.70. The van der Waals surface area contributed by atoms with Crippen molar-refractivity contribution in [2.75, 3.05) is 11.9 Å². The third-order valence-corrected chi connectivity index (χ3v) is 2.92. The van der Waals surface area contributed by atoms with Crippen LogP contribution in [0.4, 0.5) is 11.4 Å². The second kappa shape index (κ2) is 8.44. The largest absolute Gasteiger partial charge is 0.379 e. The van der Waals surface area contributed by atoms with E-state index < -0.39 is 4.92 Å². The van der Waals surface area contributed by atoms with Gasteiger partial charge >= 0.3 is 0 Å². The molecule has 1 aromatic carbocycles. The van der Waals surface area contributed by atoms with Crippen molar-refractivity contribution in [3.63, 3.8) is 0 Å². The topological polar surface area (TPSA) is 106 Å². The first-order valence-electron chi connectivity index (χ1n) is 6.93. The van der Waals surface area contributed by atoms with Crippen molar-refractivity contribution < 1.29 is 14.6 Å². The standard InChI is InChI=1S/C15H16N4O4/c20-15(18-23-11-12-4-3-8-16-10-12)7-9-17-13-5-1-2-6-14(13)19(21)22/h1-6,8,10,17H,7,9,11H2,(H,18,20). The van der Waals surface area contributed by atoms with Crippen LogP contribution < -0.4 is 10.8 Å². The molecular formula is C15H16N4O4. The monoisotopic (exact) mass is 316 g/mol. The predicted molar refractivity (Wildman–Crippen MR) is 83.4 cm³/mol. The SMILES string of the molecule is O=C(CCNc1ccccc1[N+](=O)[O-])NOCc1cccnc1. The molecule has 0 spiro atoms. The number of nitro groups is 1. The Morgan fingerprint density at radius 1 is 1.26 bits per heavy atom. The summed E-state index contributed by atoms with van der Waals surface area (Å²) in [5, 5.41) is 13.7. The number of nitrogens with zero attached hydrogens (tertiary/aromatic N) is 2. The van der Waals surface area contributed by atoms with E-state index >= 15 is 0 Å². The van der Waals surface area contributed by atoms with Crippen LogP contribution >= 0.6 is 0 Å². The smallest absolute Gasteiger partial charge is 0.292 e. The zero-order chi connectivity index (χ0) is 16.5. The summed E-state index contributed by atoms with van der Waals surface area (Å²) in [6.07, 6.45) is 3.41. The third-order valence-electron chi connectivity index (χ3n) is 2.92. The van der Waals surface area contributed by atoms with Gasteiger partial charge in [0.25, 0.3) is 5.69 Å². The minimum atomic E-state index is -0.473. The van der Waals surface area contributed by atoms with Gasteiger partial charge in [-0.1, -0.05) is 18.2 Å².